The van der Waals surface area contributed by atoms with Gasteiger partial charge < -0.3 is 19.9 Å². The van der Waals surface area contributed by atoms with Crippen LogP contribution in [0.2, 0.25) is 0 Å². The summed E-state index contributed by atoms with van der Waals surface area (Å²) in [4.78, 5) is 23.4. The lowest BCUT2D eigenvalue weighted by atomic mass is 10.1. The zero-order valence-corrected chi connectivity index (χ0v) is 14.7. The molecule has 0 aliphatic heterocycles. The molecule has 0 saturated carbocycles. The topological polar surface area (TPSA) is 84.9 Å². The Balaban J connectivity index is 1.75. The van der Waals surface area contributed by atoms with E-state index in [1.807, 2.05) is 19.1 Å². The van der Waals surface area contributed by atoms with E-state index in [9.17, 15) is 14.7 Å². The van der Waals surface area contributed by atoms with Crippen molar-refractivity contribution in [2.75, 3.05) is 13.2 Å². The average molecular weight is 357 g/mol. The number of rotatable bonds is 10. The van der Waals surface area contributed by atoms with Gasteiger partial charge in [-0.05, 0) is 43.2 Å². The maximum atomic E-state index is 12.0. The van der Waals surface area contributed by atoms with E-state index in [0.29, 0.717) is 30.9 Å². The zero-order valence-electron chi connectivity index (χ0n) is 14.7. The summed E-state index contributed by atoms with van der Waals surface area (Å²) >= 11 is 0. The second-order valence-corrected chi connectivity index (χ2v) is 5.61. The van der Waals surface area contributed by atoms with Crippen LogP contribution in [0.1, 0.15) is 31.4 Å². The fraction of sp³-hybridized carbons (Fsp3) is 0.300. The first-order valence-electron chi connectivity index (χ1n) is 8.53. The van der Waals surface area contributed by atoms with Gasteiger partial charge in [0.2, 0.25) is 5.91 Å². The lowest BCUT2D eigenvalue weighted by Crippen LogP contribution is -2.33. The van der Waals surface area contributed by atoms with E-state index in [-0.39, 0.29) is 12.3 Å². The number of carboxylic acids is 1. The molecule has 0 aromatic heterocycles. The normalized spacial score (nSPS) is 11.4. The molecule has 6 heteroatoms. The summed E-state index contributed by atoms with van der Waals surface area (Å²) in [5.41, 5.74) is 0.541. The first kappa shape index (κ1) is 19.3. The maximum absolute atomic E-state index is 12.0. The van der Waals surface area contributed by atoms with Gasteiger partial charge in [0.15, 0.2) is 6.04 Å². The minimum Gasteiger partial charge on any atom is -0.494 e. The van der Waals surface area contributed by atoms with E-state index in [1.165, 1.54) is 0 Å². The average Bonchev–Trinajstić information content (AvgIpc) is 2.65. The van der Waals surface area contributed by atoms with E-state index in [0.717, 1.165) is 5.75 Å². The van der Waals surface area contributed by atoms with E-state index < -0.39 is 12.0 Å². The quantitative estimate of drug-likeness (QED) is 0.638. The Labute approximate surface area is 152 Å². The van der Waals surface area contributed by atoms with Crippen molar-refractivity contribution in [1.82, 2.24) is 5.32 Å². The van der Waals surface area contributed by atoms with Crippen molar-refractivity contribution >= 4 is 11.9 Å². The number of hydrogen-bond donors (Lipinski definition) is 2. The Bertz CT molecular complexity index is 700. The van der Waals surface area contributed by atoms with Crippen molar-refractivity contribution in [3.63, 3.8) is 0 Å². The van der Waals surface area contributed by atoms with Gasteiger partial charge in [-0.15, -0.1) is 0 Å². The Morgan fingerprint density at radius 1 is 1.00 bits per heavy atom. The van der Waals surface area contributed by atoms with Gasteiger partial charge in [0.1, 0.15) is 11.5 Å². The molecule has 0 spiro atoms. The predicted octanol–water partition coefficient (Wildman–Crippen LogP) is 3.19. The van der Waals surface area contributed by atoms with Crippen LogP contribution < -0.4 is 14.8 Å². The number of hydrogen-bond acceptors (Lipinski definition) is 4. The molecule has 6 nitrogen and oxygen atoms in total. The predicted molar refractivity (Wildman–Crippen MR) is 97.3 cm³/mol. The number of carbonyl (C=O) groups is 2. The standard InChI is InChI=1S/C20H23NO5/c1-2-25-16-10-12-17(13-11-16)26-14-6-9-18(22)21-19(20(23)24)15-7-4-3-5-8-15/h3-5,7-8,10-13,19H,2,6,9,14H2,1H3,(H,21,22)(H,23,24)/t19-/m1/s1. The molecule has 0 aliphatic carbocycles. The molecule has 0 radical (unpaired) electrons. The van der Waals surface area contributed by atoms with Gasteiger partial charge in [-0.1, -0.05) is 30.3 Å². The number of aliphatic carboxylic acids is 1. The summed E-state index contributed by atoms with van der Waals surface area (Å²) in [6.07, 6.45) is 0.674. The van der Waals surface area contributed by atoms with Gasteiger partial charge in [0.25, 0.3) is 0 Å². The molecule has 1 amide bonds. The number of nitrogens with one attached hydrogen (secondary N) is 1. The smallest absolute Gasteiger partial charge is 0.330 e. The number of carbonyl (C=O) groups excluding carboxylic acids is 1. The van der Waals surface area contributed by atoms with Crippen LogP contribution in [0.15, 0.2) is 54.6 Å². The number of benzene rings is 2. The Kier molecular flexibility index (Phi) is 7.49. The highest BCUT2D eigenvalue weighted by Crippen LogP contribution is 2.18. The molecule has 26 heavy (non-hydrogen) atoms. The second-order valence-electron chi connectivity index (χ2n) is 5.61. The molecule has 0 aliphatic rings. The fourth-order valence-electron chi connectivity index (χ4n) is 2.39. The number of ether oxygens (including phenoxy) is 2. The van der Waals surface area contributed by atoms with Gasteiger partial charge >= 0.3 is 5.97 Å². The third-order valence-corrected chi connectivity index (χ3v) is 3.64. The zero-order chi connectivity index (χ0) is 18.8. The molecule has 2 aromatic carbocycles. The molecular weight excluding hydrogens is 334 g/mol. The minimum absolute atomic E-state index is 0.188. The first-order valence-corrected chi connectivity index (χ1v) is 8.53. The second kappa shape index (κ2) is 10.1. The third kappa shape index (κ3) is 6.12. The molecule has 138 valence electrons. The third-order valence-electron chi connectivity index (χ3n) is 3.64. The molecule has 0 unspecified atom stereocenters. The Hall–Kier alpha value is -3.02. The number of amides is 1. The summed E-state index contributed by atoms with van der Waals surface area (Å²) < 4.78 is 10.9. The van der Waals surface area contributed by atoms with E-state index in [4.69, 9.17) is 9.47 Å². The van der Waals surface area contributed by atoms with Crippen LogP contribution in [0, 0.1) is 0 Å². The van der Waals surface area contributed by atoms with Gasteiger partial charge in [-0.25, -0.2) is 4.79 Å². The summed E-state index contributed by atoms with van der Waals surface area (Å²) in [5.74, 6) is 0.0631. The summed E-state index contributed by atoms with van der Waals surface area (Å²) in [6, 6.07) is 14.8. The van der Waals surface area contributed by atoms with E-state index in [1.54, 1.807) is 42.5 Å². The highest BCUT2D eigenvalue weighted by Gasteiger charge is 2.21. The van der Waals surface area contributed by atoms with Crippen molar-refractivity contribution in [3.05, 3.63) is 60.2 Å². The molecule has 1 atom stereocenters. The maximum Gasteiger partial charge on any atom is 0.330 e. The first-order chi connectivity index (χ1) is 12.6. The van der Waals surface area contributed by atoms with Crippen LogP contribution in [-0.2, 0) is 9.59 Å². The van der Waals surface area contributed by atoms with Crippen LogP contribution in [-0.4, -0.2) is 30.2 Å². The van der Waals surface area contributed by atoms with Crippen LogP contribution in [0.25, 0.3) is 0 Å². The highest BCUT2D eigenvalue weighted by atomic mass is 16.5. The molecule has 0 heterocycles. The van der Waals surface area contributed by atoms with Crippen LogP contribution in [0.3, 0.4) is 0 Å². The highest BCUT2D eigenvalue weighted by molar-refractivity contribution is 5.84. The molecule has 2 N–H and O–H groups in total. The van der Waals surface area contributed by atoms with Gasteiger partial charge in [-0.3, -0.25) is 4.79 Å². The largest absolute Gasteiger partial charge is 0.494 e. The van der Waals surface area contributed by atoms with Crippen LogP contribution in [0.4, 0.5) is 0 Å². The summed E-state index contributed by atoms with van der Waals surface area (Å²) in [5, 5.41) is 11.8. The van der Waals surface area contributed by atoms with E-state index >= 15 is 0 Å². The molecular formula is C20H23NO5. The minimum atomic E-state index is -1.09. The number of carboxylic acid groups (broad SMARTS) is 1. The lowest BCUT2D eigenvalue weighted by molar-refractivity contribution is -0.142. The Morgan fingerprint density at radius 3 is 2.19 bits per heavy atom. The van der Waals surface area contributed by atoms with Gasteiger partial charge in [0.05, 0.1) is 13.2 Å². The van der Waals surface area contributed by atoms with Crippen molar-refractivity contribution in [3.8, 4) is 11.5 Å². The monoisotopic (exact) mass is 357 g/mol. The van der Waals surface area contributed by atoms with Crippen molar-refractivity contribution in [2.45, 2.75) is 25.8 Å². The van der Waals surface area contributed by atoms with Crippen LogP contribution in [0.5, 0.6) is 11.5 Å². The SMILES string of the molecule is CCOc1ccc(OCCCC(=O)N[C@@H](C(=O)O)c2ccccc2)cc1. The molecule has 0 fully saturated rings. The summed E-state index contributed by atoms with van der Waals surface area (Å²) in [6.45, 7) is 2.89. The molecule has 0 saturated heterocycles. The van der Waals surface area contributed by atoms with Gasteiger partial charge in [0, 0.05) is 6.42 Å². The van der Waals surface area contributed by atoms with E-state index in [2.05, 4.69) is 5.32 Å². The van der Waals surface area contributed by atoms with Crippen molar-refractivity contribution in [2.24, 2.45) is 0 Å². The fourth-order valence-corrected chi connectivity index (χ4v) is 2.39. The summed E-state index contributed by atoms with van der Waals surface area (Å²) in [7, 11) is 0. The van der Waals surface area contributed by atoms with Gasteiger partial charge in [-0.2, -0.15) is 0 Å². The lowest BCUT2D eigenvalue weighted by Gasteiger charge is -2.15. The molecule has 0 bridgehead atoms. The van der Waals surface area contributed by atoms with Crippen LogP contribution >= 0.6 is 0 Å². The Morgan fingerprint density at radius 2 is 1.62 bits per heavy atom. The van der Waals surface area contributed by atoms with Crippen molar-refractivity contribution in [1.29, 1.82) is 0 Å². The molecule has 2 aromatic rings. The molecule has 2 rings (SSSR count). The van der Waals surface area contributed by atoms with Crippen molar-refractivity contribution < 1.29 is 24.2 Å².